The van der Waals surface area contributed by atoms with E-state index in [0.29, 0.717) is 28.0 Å². The molecule has 2 bridgehead atoms. The number of esters is 1. The maximum atomic E-state index is 14.6. The second kappa shape index (κ2) is 10.2. The highest BCUT2D eigenvalue weighted by Crippen LogP contribution is 2.46. The Balaban J connectivity index is 1.11. The molecule has 0 N–H and O–H groups in total. The van der Waals surface area contributed by atoms with Crippen LogP contribution in [0.2, 0.25) is 0 Å². The number of thiazole rings is 1. The zero-order valence-electron chi connectivity index (χ0n) is 22.2. The average molecular weight is 577 g/mol. The predicted octanol–water partition coefficient (Wildman–Crippen LogP) is 6.48. The van der Waals surface area contributed by atoms with Crippen LogP contribution in [0.5, 0.6) is 0 Å². The van der Waals surface area contributed by atoms with Gasteiger partial charge in [-0.3, -0.25) is 0 Å². The third kappa shape index (κ3) is 4.55. The van der Waals surface area contributed by atoms with Crippen LogP contribution in [0.15, 0.2) is 34.9 Å². The van der Waals surface area contributed by atoms with Gasteiger partial charge in [0.2, 0.25) is 0 Å². The normalized spacial score (nSPS) is 21.8. The van der Waals surface area contributed by atoms with Gasteiger partial charge in [0, 0.05) is 23.6 Å². The van der Waals surface area contributed by atoms with Gasteiger partial charge >= 0.3 is 5.97 Å². The summed E-state index contributed by atoms with van der Waals surface area (Å²) < 4.78 is 46.9. The van der Waals surface area contributed by atoms with E-state index in [-0.39, 0.29) is 42.0 Å². The number of hydrogen-bond acceptors (Lipinski definition) is 9. The maximum Gasteiger partial charge on any atom is 0.337 e. The molecule has 0 spiro atoms. The molecule has 4 aromatic rings. The molecule has 1 aliphatic carbocycles. The molecule has 3 aliphatic rings. The molecule has 2 atom stereocenters. The number of carbonyl (C=O) groups is 1. The van der Waals surface area contributed by atoms with Gasteiger partial charge in [-0.2, -0.15) is 5.26 Å². The third-order valence-corrected chi connectivity index (χ3v) is 9.38. The molecular weight excluding hydrogens is 550 g/mol. The van der Waals surface area contributed by atoms with Crippen molar-refractivity contribution in [2.75, 3.05) is 12.0 Å². The fourth-order valence-electron chi connectivity index (χ4n) is 6.27. The van der Waals surface area contributed by atoms with Crippen LogP contribution in [-0.2, 0) is 16.1 Å². The molecule has 8 nitrogen and oxygen atoms in total. The molecule has 2 aromatic carbocycles. The van der Waals surface area contributed by atoms with Gasteiger partial charge in [0.05, 0.1) is 41.2 Å². The summed E-state index contributed by atoms with van der Waals surface area (Å²) in [5.41, 5.74) is 1.89. The minimum Gasteiger partial charge on any atom is -0.465 e. The second-order valence-electron chi connectivity index (χ2n) is 10.9. The SMILES string of the molecule is COC(=O)c1cc(C#N)c2nc(N3C4CCC3CC(OCc3c(-c5c(F)cccc5F)noc3C3CC3)C4)sc2c1. The van der Waals surface area contributed by atoms with Gasteiger partial charge in [0.25, 0.3) is 0 Å². The van der Waals surface area contributed by atoms with Crippen LogP contribution < -0.4 is 4.90 Å². The maximum absolute atomic E-state index is 14.6. The Hall–Kier alpha value is -3.88. The van der Waals surface area contributed by atoms with Gasteiger partial charge < -0.3 is 18.9 Å². The lowest BCUT2D eigenvalue weighted by Gasteiger charge is -2.38. The fraction of sp³-hybridized carbons (Fsp3) is 0.400. The molecule has 11 heteroatoms. The Kier molecular flexibility index (Phi) is 6.47. The lowest BCUT2D eigenvalue weighted by atomic mass is 10.00. The highest BCUT2D eigenvalue weighted by atomic mass is 32.1. The van der Waals surface area contributed by atoms with Gasteiger partial charge in [-0.1, -0.05) is 22.6 Å². The van der Waals surface area contributed by atoms with E-state index in [2.05, 4.69) is 16.1 Å². The molecule has 0 amide bonds. The first kappa shape index (κ1) is 26.0. The first-order valence-electron chi connectivity index (χ1n) is 13.7. The van der Waals surface area contributed by atoms with Crippen molar-refractivity contribution in [1.29, 1.82) is 5.26 Å². The van der Waals surface area contributed by atoms with Crippen LogP contribution in [0.3, 0.4) is 0 Å². The van der Waals surface area contributed by atoms with Crippen LogP contribution in [0.1, 0.15) is 71.7 Å². The molecule has 2 aromatic heterocycles. The number of fused-ring (bicyclic) bond motifs is 3. The number of benzene rings is 2. The van der Waals surface area contributed by atoms with E-state index >= 15 is 0 Å². The first-order valence-corrected chi connectivity index (χ1v) is 14.5. The summed E-state index contributed by atoms with van der Waals surface area (Å²) in [5, 5.41) is 14.6. The largest absolute Gasteiger partial charge is 0.465 e. The second-order valence-corrected chi connectivity index (χ2v) is 11.9. The van der Waals surface area contributed by atoms with Gasteiger partial charge in [-0.15, -0.1) is 0 Å². The monoisotopic (exact) mass is 576 g/mol. The molecule has 7 rings (SSSR count). The van der Waals surface area contributed by atoms with E-state index in [1.165, 1.54) is 42.7 Å². The fourth-order valence-corrected chi connectivity index (χ4v) is 7.45. The van der Waals surface area contributed by atoms with Crippen molar-refractivity contribution in [3.8, 4) is 17.3 Å². The molecule has 2 aliphatic heterocycles. The number of methoxy groups -OCH3 is 1. The van der Waals surface area contributed by atoms with E-state index in [0.717, 1.165) is 48.4 Å². The van der Waals surface area contributed by atoms with Crippen LogP contribution in [0, 0.1) is 23.0 Å². The summed E-state index contributed by atoms with van der Waals surface area (Å²) >= 11 is 1.47. The standard InChI is InChI=1S/C30H26F2N4O4S/c1-38-29(37)16-9-17(13-33)26-24(10-16)41-30(34-26)36-18-7-8-19(36)12-20(11-18)39-14-21-27(35-40-28(21)15-5-6-15)25-22(31)3-2-4-23(25)32/h2-4,9-10,15,18-20H,5-8,11-12,14H2,1H3. The van der Waals surface area contributed by atoms with Crippen LogP contribution in [0.25, 0.3) is 21.5 Å². The zero-order chi connectivity index (χ0) is 28.2. The molecular formula is C30H26F2N4O4S. The Bertz CT molecular complexity index is 1670. The summed E-state index contributed by atoms with van der Waals surface area (Å²) in [6.45, 7) is 0.172. The van der Waals surface area contributed by atoms with Crippen molar-refractivity contribution in [3.05, 3.63) is 64.4 Å². The first-order chi connectivity index (χ1) is 19.9. The summed E-state index contributed by atoms with van der Waals surface area (Å²) in [6.07, 6.45) is 5.41. The number of ether oxygens (including phenoxy) is 2. The molecule has 4 heterocycles. The number of piperidine rings is 1. The number of aromatic nitrogens is 2. The highest BCUT2D eigenvalue weighted by Gasteiger charge is 2.43. The molecule has 3 fully saturated rings. The van der Waals surface area contributed by atoms with E-state index < -0.39 is 17.6 Å². The average Bonchev–Trinajstić information content (AvgIpc) is 3.50. The van der Waals surface area contributed by atoms with Gasteiger partial charge in [0.1, 0.15) is 34.7 Å². The van der Waals surface area contributed by atoms with Crippen molar-refractivity contribution < 1.29 is 27.6 Å². The lowest BCUT2D eigenvalue weighted by molar-refractivity contribution is 0.0147. The van der Waals surface area contributed by atoms with E-state index in [1.807, 2.05) is 0 Å². The molecule has 1 saturated carbocycles. The number of halogens is 2. The smallest absolute Gasteiger partial charge is 0.337 e. The topological polar surface area (TPSA) is 101 Å². The van der Waals surface area contributed by atoms with Crippen molar-refractivity contribution in [3.63, 3.8) is 0 Å². The molecule has 2 unspecified atom stereocenters. The Morgan fingerprint density at radius 3 is 2.56 bits per heavy atom. The van der Waals surface area contributed by atoms with Crippen LogP contribution in [-0.4, -0.2) is 41.4 Å². The highest BCUT2D eigenvalue weighted by molar-refractivity contribution is 7.22. The molecule has 210 valence electrons. The van der Waals surface area contributed by atoms with Gasteiger partial charge in [-0.05, 0) is 62.8 Å². The summed E-state index contributed by atoms with van der Waals surface area (Å²) in [4.78, 5) is 19.3. The van der Waals surface area contributed by atoms with Crippen molar-refractivity contribution in [1.82, 2.24) is 10.1 Å². The number of nitriles is 1. The van der Waals surface area contributed by atoms with Crippen molar-refractivity contribution >= 4 is 32.7 Å². The molecule has 0 radical (unpaired) electrons. The van der Waals surface area contributed by atoms with Crippen LogP contribution in [0.4, 0.5) is 13.9 Å². The Morgan fingerprint density at radius 2 is 1.90 bits per heavy atom. The summed E-state index contributed by atoms with van der Waals surface area (Å²) in [5.74, 6) is -0.975. The third-order valence-electron chi connectivity index (χ3n) is 8.37. The van der Waals surface area contributed by atoms with Crippen LogP contribution >= 0.6 is 11.3 Å². The minimum atomic E-state index is -0.678. The predicted molar refractivity (Wildman–Crippen MR) is 147 cm³/mol. The van der Waals surface area contributed by atoms with Gasteiger partial charge in [0.15, 0.2) is 5.13 Å². The van der Waals surface area contributed by atoms with Gasteiger partial charge in [-0.25, -0.2) is 18.6 Å². The van der Waals surface area contributed by atoms with E-state index in [9.17, 15) is 18.8 Å². The minimum absolute atomic E-state index is 0.0426. The number of rotatable bonds is 7. The number of hydrogen-bond donors (Lipinski definition) is 0. The lowest BCUT2D eigenvalue weighted by Crippen LogP contribution is -2.45. The Morgan fingerprint density at radius 1 is 1.17 bits per heavy atom. The molecule has 2 saturated heterocycles. The number of nitrogens with zero attached hydrogens (tertiary/aromatic N) is 4. The zero-order valence-corrected chi connectivity index (χ0v) is 23.0. The van der Waals surface area contributed by atoms with Crippen molar-refractivity contribution in [2.24, 2.45) is 0 Å². The number of anilines is 1. The van der Waals surface area contributed by atoms with Crippen molar-refractivity contribution in [2.45, 2.75) is 69.2 Å². The summed E-state index contributed by atoms with van der Waals surface area (Å²) in [7, 11) is 1.31. The summed E-state index contributed by atoms with van der Waals surface area (Å²) in [6, 6.07) is 9.60. The molecule has 41 heavy (non-hydrogen) atoms. The Labute approximate surface area is 238 Å². The number of carbonyl (C=O) groups excluding carboxylic acids is 1. The van der Waals surface area contributed by atoms with E-state index in [4.69, 9.17) is 19.0 Å². The quantitative estimate of drug-likeness (QED) is 0.230. The van der Waals surface area contributed by atoms with E-state index in [1.54, 1.807) is 6.07 Å².